The van der Waals surface area contributed by atoms with E-state index >= 15 is 0 Å². The fourth-order valence-corrected chi connectivity index (χ4v) is 2.86. The van der Waals surface area contributed by atoms with Gasteiger partial charge >= 0.3 is 5.97 Å². The van der Waals surface area contributed by atoms with Crippen molar-refractivity contribution in [1.82, 2.24) is 4.90 Å². The monoisotopic (exact) mass is 349 g/mol. The van der Waals surface area contributed by atoms with Crippen molar-refractivity contribution in [2.24, 2.45) is 5.92 Å². The number of aliphatic carboxylic acids is 1. The van der Waals surface area contributed by atoms with Gasteiger partial charge in [-0.3, -0.25) is 9.59 Å². The van der Waals surface area contributed by atoms with E-state index in [1.807, 2.05) is 25.1 Å². The summed E-state index contributed by atoms with van der Waals surface area (Å²) < 4.78 is 10.8. The summed E-state index contributed by atoms with van der Waals surface area (Å²) in [6.07, 6.45) is 1.84. The molecule has 1 atom stereocenters. The largest absolute Gasteiger partial charge is 0.493 e. The van der Waals surface area contributed by atoms with Crippen LogP contribution in [0.4, 0.5) is 0 Å². The van der Waals surface area contributed by atoms with E-state index in [1.165, 1.54) is 0 Å². The molecule has 1 aromatic rings. The van der Waals surface area contributed by atoms with Crippen molar-refractivity contribution in [3.63, 3.8) is 0 Å². The molecule has 0 aromatic heterocycles. The summed E-state index contributed by atoms with van der Waals surface area (Å²) in [6, 6.07) is 5.82. The number of carbonyl (C=O) groups is 2. The smallest absolute Gasteiger partial charge is 0.308 e. The van der Waals surface area contributed by atoms with Gasteiger partial charge in [-0.15, -0.1) is 0 Å². The molecule has 0 fully saturated rings. The van der Waals surface area contributed by atoms with Crippen molar-refractivity contribution in [2.75, 3.05) is 32.9 Å². The fourth-order valence-electron chi connectivity index (χ4n) is 2.86. The topological polar surface area (TPSA) is 76.1 Å². The van der Waals surface area contributed by atoms with E-state index in [-0.39, 0.29) is 18.9 Å². The number of hydrogen-bond donors (Lipinski definition) is 1. The normalized spacial score (nSPS) is 13.8. The number of hydrogen-bond acceptors (Lipinski definition) is 4. The molecule has 138 valence electrons. The van der Waals surface area contributed by atoms with Gasteiger partial charge in [-0.1, -0.05) is 19.1 Å². The molecule has 2 rings (SSSR count). The number of carboxylic acids is 1. The van der Waals surface area contributed by atoms with E-state index in [0.717, 1.165) is 23.3 Å². The van der Waals surface area contributed by atoms with Gasteiger partial charge < -0.3 is 19.5 Å². The highest BCUT2D eigenvalue weighted by atomic mass is 16.5. The predicted molar refractivity (Wildman–Crippen MR) is 93.8 cm³/mol. The number of carbonyl (C=O) groups excluding carboxylic acids is 1. The molecule has 1 amide bonds. The van der Waals surface area contributed by atoms with Crippen LogP contribution in [0.25, 0.3) is 0 Å². The van der Waals surface area contributed by atoms with Crippen LogP contribution in [0.1, 0.15) is 31.4 Å². The van der Waals surface area contributed by atoms with Crippen LogP contribution < -0.4 is 4.74 Å². The summed E-state index contributed by atoms with van der Waals surface area (Å²) in [5.74, 6) is -0.644. The number of benzene rings is 1. The third kappa shape index (κ3) is 5.74. The van der Waals surface area contributed by atoms with Crippen molar-refractivity contribution >= 4 is 11.9 Å². The summed E-state index contributed by atoms with van der Waals surface area (Å²) in [5.41, 5.74) is 2.07. The minimum absolute atomic E-state index is 0.0523. The van der Waals surface area contributed by atoms with Crippen LogP contribution in [-0.2, 0) is 27.2 Å². The first-order valence-electron chi connectivity index (χ1n) is 8.84. The van der Waals surface area contributed by atoms with Crippen molar-refractivity contribution < 1.29 is 24.2 Å². The zero-order valence-corrected chi connectivity index (χ0v) is 15.0. The number of ether oxygens (including phenoxy) is 2. The minimum Gasteiger partial charge on any atom is -0.493 e. The highest BCUT2D eigenvalue weighted by Crippen LogP contribution is 2.26. The van der Waals surface area contributed by atoms with Gasteiger partial charge in [0.1, 0.15) is 5.75 Å². The Hall–Kier alpha value is -2.08. The van der Waals surface area contributed by atoms with Crippen molar-refractivity contribution in [2.45, 2.75) is 33.1 Å². The average Bonchev–Trinajstić information content (AvgIpc) is 3.04. The molecule has 1 N–H and O–H groups in total. The Morgan fingerprint density at radius 1 is 1.40 bits per heavy atom. The number of fused-ring (bicyclic) bond motifs is 1. The third-order valence-electron chi connectivity index (χ3n) is 4.30. The molecule has 6 nitrogen and oxygen atoms in total. The molecule has 0 bridgehead atoms. The van der Waals surface area contributed by atoms with Gasteiger partial charge in [-0.05, 0) is 30.5 Å². The highest BCUT2D eigenvalue weighted by molar-refractivity contribution is 5.80. The van der Waals surface area contributed by atoms with Gasteiger partial charge in [0.25, 0.3) is 0 Å². The maximum absolute atomic E-state index is 12.7. The Balaban J connectivity index is 1.98. The Morgan fingerprint density at radius 3 is 2.92 bits per heavy atom. The molecular weight excluding hydrogens is 322 g/mol. The lowest BCUT2D eigenvalue weighted by Crippen LogP contribution is -2.38. The van der Waals surface area contributed by atoms with Crippen LogP contribution >= 0.6 is 0 Å². The van der Waals surface area contributed by atoms with E-state index in [0.29, 0.717) is 32.8 Å². The van der Waals surface area contributed by atoms with E-state index in [2.05, 4.69) is 0 Å². The van der Waals surface area contributed by atoms with Gasteiger partial charge in [0, 0.05) is 32.7 Å². The summed E-state index contributed by atoms with van der Waals surface area (Å²) in [5, 5.41) is 9.14. The van der Waals surface area contributed by atoms with Crippen LogP contribution in [0.15, 0.2) is 18.2 Å². The minimum atomic E-state index is -0.891. The molecule has 1 aliphatic heterocycles. The second kappa shape index (κ2) is 9.42. The molecule has 1 aliphatic rings. The van der Waals surface area contributed by atoms with Crippen LogP contribution in [0.2, 0.25) is 0 Å². The van der Waals surface area contributed by atoms with Crippen molar-refractivity contribution in [3.8, 4) is 5.75 Å². The van der Waals surface area contributed by atoms with E-state index < -0.39 is 11.9 Å². The quantitative estimate of drug-likeness (QED) is 0.655. The molecule has 0 spiro atoms. The lowest BCUT2D eigenvalue weighted by Gasteiger charge is -2.25. The van der Waals surface area contributed by atoms with Crippen LogP contribution in [-0.4, -0.2) is 54.8 Å². The van der Waals surface area contributed by atoms with Gasteiger partial charge in [0.05, 0.1) is 18.9 Å². The maximum Gasteiger partial charge on any atom is 0.308 e. The van der Waals surface area contributed by atoms with Gasteiger partial charge in [-0.25, -0.2) is 0 Å². The number of amides is 1. The second-order valence-corrected chi connectivity index (χ2v) is 6.35. The van der Waals surface area contributed by atoms with Crippen LogP contribution in [0.5, 0.6) is 5.75 Å². The second-order valence-electron chi connectivity index (χ2n) is 6.35. The molecule has 0 radical (unpaired) electrons. The molecular formula is C19H27NO5. The zero-order chi connectivity index (χ0) is 18.2. The number of nitrogens with zero attached hydrogens (tertiary/aromatic N) is 1. The first kappa shape index (κ1) is 19.2. The predicted octanol–water partition coefficient (Wildman–Crippen LogP) is 2.14. The van der Waals surface area contributed by atoms with E-state index in [4.69, 9.17) is 14.6 Å². The fraction of sp³-hybridized carbons (Fsp3) is 0.579. The molecule has 1 heterocycles. The molecule has 25 heavy (non-hydrogen) atoms. The first-order chi connectivity index (χ1) is 12.0. The zero-order valence-electron chi connectivity index (χ0n) is 15.0. The summed E-state index contributed by atoms with van der Waals surface area (Å²) in [6.45, 7) is 6.16. The molecule has 0 saturated heterocycles. The first-order valence-corrected chi connectivity index (χ1v) is 8.84. The number of carboxylic acid groups (broad SMARTS) is 1. The average molecular weight is 349 g/mol. The molecule has 1 unspecified atom stereocenters. The van der Waals surface area contributed by atoms with Crippen LogP contribution in [0.3, 0.4) is 0 Å². The molecule has 6 heteroatoms. The third-order valence-corrected chi connectivity index (χ3v) is 4.30. The Kier molecular flexibility index (Phi) is 7.25. The van der Waals surface area contributed by atoms with Crippen molar-refractivity contribution in [3.05, 3.63) is 29.3 Å². The van der Waals surface area contributed by atoms with Gasteiger partial charge in [-0.2, -0.15) is 0 Å². The van der Waals surface area contributed by atoms with Crippen molar-refractivity contribution in [1.29, 1.82) is 0 Å². The molecule has 0 saturated carbocycles. The van der Waals surface area contributed by atoms with Gasteiger partial charge in [0.15, 0.2) is 0 Å². The Bertz CT molecular complexity index is 601. The lowest BCUT2D eigenvalue weighted by molar-refractivity contribution is -0.143. The molecule has 1 aromatic carbocycles. The van der Waals surface area contributed by atoms with E-state index in [1.54, 1.807) is 11.8 Å². The van der Waals surface area contributed by atoms with Gasteiger partial charge in [0.2, 0.25) is 5.91 Å². The summed E-state index contributed by atoms with van der Waals surface area (Å²) >= 11 is 0. The summed E-state index contributed by atoms with van der Waals surface area (Å²) in [7, 11) is 0. The Morgan fingerprint density at radius 2 is 2.20 bits per heavy atom. The Labute approximate surface area is 148 Å². The standard InChI is InChI=1S/C19H27NO5/c1-3-24-9-4-8-20(13-14(2)19(22)23)18(21)12-15-5-6-17-16(11-15)7-10-25-17/h5-6,11,14H,3-4,7-10,12-13H2,1-2H3,(H,22,23). The highest BCUT2D eigenvalue weighted by Gasteiger charge is 2.21. The SMILES string of the molecule is CCOCCCN(CC(C)C(=O)O)C(=O)Cc1ccc2c(c1)CCO2. The number of rotatable bonds is 10. The summed E-state index contributed by atoms with van der Waals surface area (Å²) in [4.78, 5) is 25.5. The van der Waals surface area contributed by atoms with E-state index in [9.17, 15) is 9.59 Å². The lowest BCUT2D eigenvalue weighted by atomic mass is 10.0. The van der Waals surface area contributed by atoms with Crippen LogP contribution in [0, 0.1) is 5.92 Å². The molecule has 0 aliphatic carbocycles. The maximum atomic E-state index is 12.7.